The van der Waals surface area contributed by atoms with Gasteiger partial charge in [-0.25, -0.2) is 15.8 Å². The normalized spacial score (nSPS) is 13.8. The fraction of sp³-hybridized carbons (Fsp3) is 0.714. The number of methoxy groups -OCH3 is 1. The van der Waals surface area contributed by atoms with Gasteiger partial charge >= 0.3 is 0 Å². The maximum Gasteiger partial charge on any atom is 0.148 e. The van der Waals surface area contributed by atoms with Crippen molar-refractivity contribution in [2.75, 3.05) is 31.0 Å². The topological polar surface area (TPSA) is 105 Å². The molecule has 0 aliphatic heterocycles. The maximum absolute atomic E-state index is 10.3. The van der Waals surface area contributed by atoms with Gasteiger partial charge in [0, 0.05) is 38.7 Å². The van der Waals surface area contributed by atoms with Crippen molar-refractivity contribution in [3.63, 3.8) is 0 Å². The van der Waals surface area contributed by atoms with E-state index in [1.54, 1.807) is 14.0 Å². The number of aryl methyl sites for hydroxylation is 1. The fourth-order valence-corrected chi connectivity index (χ4v) is 1.90. The molecule has 1 heterocycles. The number of ether oxygens (including phenoxy) is 1. The largest absolute Gasteiger partial charge is 0.388 e. The average Bonchev–Trinajstić information content (AvgIpc) is 2.45. The van der Waals surface area contributed by atoms with E-state index < -0.39 is 5.60 Å². The van der Waals surface area contributed by atoms with E-state index in [9.17, 15) is 5.11 Å². The first-order valence-electron chi connectivity index (χ1n) is 7.22. The van der Waals surface area contributed by atoms with Gasteiger partial charge in [-0.2, -0.15) is 0 Å². The van der Waals surface area contributed by atoms with Crippen molar-refractivity contribution >= 4 is 11.6 Å². The van der Waals surface area contributed by atoms with Crippen LogP contribution < -0.4 is 16.6 Å². The number of nitrogens with one attached hydrogen (secondary N) is 2. The highest BCUT2D eigenvalue weighted by molar-refractivity contribution is 5.56. The van der Waals surface area contributed by atoms with Crippen LogP contribution in [0.4, 0.5) is 11.6 Å². The Morgan fingerprint density at radius 3 is 2.57 bits per heavy atom. The zero-order valence-electron chi connectivity index (χ0n) is 13.4. The molecule has 0 aromatic carbocycles. The minimum atomic E-state index is -0.866. The van der Waals surface area contributed by atoms with Crippen molar-refractivity contribution in [1.29, 1.82) is 0 Å². The van der Waals surface area contributed by atoms with Gasteiger partial charge in [-0.15, -0.1) is 0 Å². The van der Waals surface area contributed by atoms with E-state index in [2.05, 4.69) is 27.6 Å². The fourth-order valence-electron chi connectivity index (χ4n) is 1.90. The predicted octanol–water partition coefficient (Wildman–Crippen LogP) is 1.22. The van der Waals surface area contributed by atoms with Crippen LogP contribution in [0.2, 0.25) is 0 Å². The highest BCUT2D eigenvalue weighted by Gasteiger charge is 2.21. The van der Waals surface area contributed by atoms with Crippen LogP contribution in [0, 0.1) is 6.92 Å². The Bertz CT molecular complexity index is 451. The van der Waals surface area contributed by atoms with E-state index >= 15 is 0 Å². The number of nitrogens with two attached hydrogens (primary N) is 1. The molecule has 120 valence electrons. The number of nitrogens with zero attached hydrogens (tertiary/aromatic N) is 2. The van der Waals surface area contributed by atoms with Gasteiger partial charge in [0.15, 0.2) is 0 Å². The average molecular weight is 297 g/mol. The van der Waals surface area contributed by atoms with Crippen LogP contribution >= 0.6 is 0 Å². The van der Waals surface area contributed by atoms with E-state index in [4.69, 9.17) is 10.6 Å². The summed E-state index contributed by atoms with van der Waals surface area (Å²) in [7, 11) is 1.62. The Morgan fingerprint density at radius 1 is 1.33 bits per heavy atom. The number of anilines is 2. The number of hydrazine groups is 1. The van der Waals surface area contributed by atoms with Crippen molar-refractivity contribution in [3.8, 4) is 0 Å². The summed E-state index contributed by atoms with van der Waals surface area (Å²) in [5.74, 6) is 7.53. The van der Waals surface area contributed by atoms with Gasteiger partial charge < -0.3 is 20.6 Å². The summed E-state index contributed by atoms with van der Waals surface area (Å²) in [5.41, 5.74) is 2.56. The van der Waals surface area contributed by atoms with Crippen molar-refractivity contribution < 1.29 is 9.84 Å². The van der Waals surface area contributed by atoms with Crippen molar-refractivity contribution in [3.05, 3.63) is 11.4 Å². The van der Waals surface area contributed by atoms with Crippen LogP contribution in [0.25, 0.3) is 0 Å². The number of rotatable bonds is 9. The second kappa shape index (κ2) is 8.11. The molecule has 0 aliphatic rings. The molecule has 0 fully saturated rings. The monoisotopic (exact) mass is 297 g/mol. The molecule has 7 heteroatoms. The summed E-state index contributed by atoms with van der Waals surface area (Å²) < 4.78 is 5.00. The molecule has 1 unspecified atom stereocenters. The predicted molar refractivity (Wildman–Crippen MR) is 84.2 cm³/mol. The SMILES string of the molecule is CCCc1nc(NN)c(C)c(NCC(C)(O)CCOC)n1. The smallest absolute Gasteiger partial charge is 0.148 e. The Labute approximate surface area is 126 Å². The molecular formula is C14H27N5O2. The molecule has 5 N–H and O–H groups in total. The number of aliphatic hydroxyl groups is 1. The number of aromatic nitrogens is 2. The van der Waals surface area contributed by atoms with Gasteiger partial charge in [-0.1, -0.05) is 6.92 Å². The van der Waals surface area contributed by atoms with Gasteiger partial charge in [0.25, 0.3) is 0 Å². The van der Waals surface area contributed by atoms with Crippen LogP contribution in [-0.4, -0.2) is 40.9 Å². The molecule has 0 bridgehead atoms. The van der Waals surface area contributed by atoms with Crippen LogP contribution in [0.1, 0.15) is 38.1 Å². The molecule has 7 nitrogen and oxygen atoms in total. The van der Waals surface area contributed by atoms with Gasteiger partial charge in [-0.3, -0.25) is 0 Å². The summed E-state index contributed by atoms with van der Waals surface area (Å²) in [4.78, 5) is 8.86. The maximum atomic E-state index is 10.3. The quantitative estimate of drug-likeness (QED) is 0.401. The molecule has 0 spiro atoms. The lowest BCUT2D eigenvalue weighted by Gasteiger charge is -2.24. The molecule has 1 aromatic heterocycles. The second-order valence-corrected chi connectivity index (χ2v) is 5.45. The summed E-state index contributed by atoms with van der Waals surface area (Å²) in [6.45, 7) is 6.61. The first-order chi connectivity index (χ1) is 9.93. The Morgan fingerprint density at radius 2 is 2.00 bits per heavy atom. The minimum absolute atomic E-state index is 0.379. The number of nitrogen functional groups attached to an aromatic ring is 1. The summed E-state index contributed by atoms with van der Waals surface area (Å²) in [6, 6.07) is 0. The Hall–Kier alpha value is -1.44. The third-order valence-corrected chi connectivity index (χ3v) is 3.28. The molecule has 1 atom stereocenters. The van der Waals surface area contributed by atoms with Crippen molar-refractivity contribution in [2.45, 2.75) is 45.6 Å². The van der Waals surface area contributed by atoms with E-state index in [0.29, 0.717) is 31.2 Å². The zero-order valence-corrected chi connectivity index (χ0v) is 13.4. The number of hydrogen-bond donors (Lipinski definition) is 4. The lowest BCUT2D eigenvalue weighted by Crippen LogP contribution is -2.35. The van der Waals surface area contributed by atoms with Gasteiger partial charge in [0.1, 0.15) is 17.5 Å². The van der Waals surface area contributed by atoms with E-state index in [1.807, 2.05) is 6.92 Å². The molecule has 0 aliphatic carbocycles. The third-order valence-electron chi connectivity index (χ3n) is 3.28. The van der Waals surface area contributed by atoms with E-state index in [0.717, 1.165) is 24.2 Å². The summed E-state index contributed by atoms with van der Waals surface area (Å²) in [6.07, 6.45) is 2.28. The van der Waals surface area contributed by atoms with Crippen molar-refractivity contribution in [2.24, 2.45) is 5.84 Å². The minimum Gasteiger partial charge on any atom is -0.388 e. The highest BCUT2D eigenvalue weighted by Crippen LogP contribution is 2.21. The highest BCUT2D eigenvalue weighted by atomic mass is 16.5. The van der Waals surface area contributed by atoms with Gasteiger partial charge in [0.2, 0.25) is 0 Å². The molecule has 1 aromatic rings. The standard InChI is InChI=1S/C14H27N5O2/c1-5-6-11-17-12(10(2)13(18-11)19-15)16-9-14(3,20)7-8-21-4/h20H,5-9,15H2,1-4H3,(H2,16,17,18,19). The number of hydrogen-bond acceptors (Lipinski definition) is 7. The molecule has 0 amide bonds. The second-order valence-electron chi connectivity index (χ2n) is 5.45. The Balaban J connectivity index is 2.84. The van der Waals surface area contributed by atoms with Crippen LogP contribution in [0.15, 0.2) is 0 Å². The molecular weight excluding hydrogens is 270 g/mol. The zero-order chi connectivity index (χ0) is 15.9. The first-order valence-corrected chi connectivity index (χ1v) is 7.22. The molecule has 1 rings (SSSR count). The molecule has 0 radical (unpaired) electrons. The van der Waals surface area contributed by atoms with Crippen LogP contribution in [0.5, 0.6) is 0 Å². The first kappa shape index (κ1) is 17.6. The van der Waals surface area contributed by atoms with Crippen LogP contribution in [0.3, 0.4) is 0 Å². The summed E-state index contributed by atoms with van der Waals surface area (Å²) in [5, 5.41) is 13.5. The van der Waals surface area contributed by atoms with Gasteiger partial charge in [0.05, 0.1) is 5.60 Å². The molecule has 0 saturated heterocycles. The van der Waals surface area contributed by atoms with E-state index in [-0.39, 0.29) is 0 Å². The van der Waals surface area contributed by atoms with Gasteiger partial charge in [-0.05, 0) is 20.3 Å². The Kier molecular flexibility index (Phi) is 6.80. The van der Waals surface area contributed by atoms with Crippen molar-refractivity contribution in [1.82, 2.24) is 9.97 Å². The van der Waals surface area contributed by atoms with E-state index in [1.165, 1.54) is 0 Å². The lowest BCUT2D eigenvalue weighted by molar-refractivity contribution is 0.0357. The summed E-state index contributed by atoms with van der Waals surface area (Å²) >= 11 is 0. The van der Waals surface area contributed by atoms with Crippen LogP contribution in [-0.2, 0) is 11.2 Å². The third kappa shape index (κ3) is 5.45. The lowest BCUT2D eigenvalue weighted by atomic mass is 10.0. The molecule has 0 saturated carbocycles. The molecule has 21 heavy (non-hydrogen) atoms.